The predicted octanol–water partition coefficient (Wildman–Crippen LogP) is 2.78. The molecule has 2 heterocycles. The van der Waals surface area contributed by atoms with E-state index in [0.29, 0.717) is 6.54 Å². The summed E-state index contributed by atoms with van der Waals surface area (Å²) >= 11 is 0. The third-order valence-corrected chi connectivity index (χ3v) is 3.15. The van der Waals surface area contributed by atoms with Crippen molar-refractivity contribution in [3.05, 3.63) is 48.5 Å². The lowest BCUT2D eigenvalue weighted by Crippen LogP contribution is -2.01. The molecule has 4 nitrogen and oxygen atoms in total. The Morgan fingerprint density at radius 1 is 1.11 bits per heavy atom. The van der Waals surface area contributed by atoms with E-state index in [1.807, 2.05) is 24.4 Å². The molecule has 0 aliphatic carbocycles. The Bertz CT molecular complexity index is 690. The molecule has 0 atom stereocenters. The molecule has 0 saturated carbocycles. The molecular weight excluding hydrogens is 238 g/mol. The lowest BCUT2D eigenvalue weighted by molar-refractivity contribution is 0.428. The molecule has 0 saturated heterocycles. The van der Waals surface area contributed by atoms with Crippen LogP contribution in [-0.4, -0.2) is 16.7 Å². The summed E-state index contributed by atoms with van der Waals surface area (Å²) in [5.74, 6) is 0. The number of hydrogen-bond donors (Lipinski definition) is 1. The molecule has 0 unspecified atom stereocenters. The number of benzene rings is 1. The zero-order valence-electron chi connectivity index (χ0n) is 10.5. The zero-order chi connectivity index (χ0) is 13.1. The molecule has 19 heavy (non-hydrogen) atoms. The maximum absolute atomic E-state index is 5.53. The molecule has 2 aromatic heterocycles. The van der Waals surface area contributed by atoms with Gasteiger partial charge in [-0.1, -0.05) is 11.2 Å². The fraction of sp³-hybridized carbons (Fsp3) is 0.200. The van der Waals surface area contributed by atoms with Crippen molar-refractivity contribution >= 4 is 10.9 Å². The number of hydrogen-bond acceptors (Lipinski definition) is 4. The smallest absolute Gasteiger partial charge is 0.131 e. The van der Waals surface area contributed by atoms with E-state index < -0.39 is 0 Å². The molecule has 3 aromatic rings. The Hall–Kier alpha value is -2.20. The molecule has 4 heteroatoms. The van der Waals surface area contributed by atoms with Gasteiger partial charge in [0.15, 0.2) is 0 Å². The van der Waals surface area contributed by atoms with Gasteiger partial charge in [0.25, 0.3) is 0 Å². The average Bonchev–Trinajstić information content (AvgIpc) is 2.92. The quantitative estimate of drug-likeness (QED) is 0.776. The summed E-state index contributed by atoms with van der Waals surface area (Å²) in [7, 11) is 0. The van der Waals surface area contributed by atoms with Crippen LogP contribution in [0.2, 0.25) is 0 Å². The van der Waals surface area contributed by atoms with Crippen molar-refractivity contribution in [2.75, 3.05) is 6.54 Å². The second kappa shape index (κ2) is 5.20. The summed E-state index contributed by atoms with van der Waals surface area (Å²) in [4.78, 5) is 4.37. The third kappa shape index (κ3) is 2.48. The van der Waals surface area contributed by atoms with E-state index in [2.05, 4.69) is 22.3 Å². The number of nitrogens with zero attached hydrogens (tertiary/aromatic N) is 2. The molecule has 0 bridgehead atoms. The van der Waals surface area contributed by atoms with Crippen molar-refractivity contribution in [2.45, 2.75) is 12.8 Å². The molecular formula is C15H15N3O. The molecule has 3 rings (SSSR count). The number of rotatable bonds is 4. The lowest BCUT2D eigenvalue weighted by atomic mass is 10.0. The van der Waals surface area contributed by atoms with Crippen molar-refractivity contribution in [1.82, 2.24) is 10.1 Å². The molecule has 0 radical (unpaired) electrons. The van der Waals surface area contributed by atoms with Gasteiger partial charge in [0.05, 0.1) is 0 Å². The average molecular weight is 253 g/mol. The van der Waals surface area contributed by atoms with E-state index in [1.165, 1.54) is 0 Å². The first kappa shape index (κ1) is 11.9. The summed E-state index contributed by atoms with van der Waals surface area (Å²) in [6.45, 7) is 0.693. The van der Waals surface area contributed by atoms with Crippen LogP contribution in [0.3, 0.4) is 0 Å². The number of aromatic nitrogens is 2. The predicted molar refractivity (Wildman–Crippen MR) is 74.6 cm³/mol. The normalized spacial score (nSPS) is 11.0. The molecule has 0 spiro atoms. The van der Waals surface area contributed by atoms with Crippen molar-refractivity contribution in [3.63, 3.8) is 0 Å². The van der Waals surface area contributed by atoms with E-state index in [-0.39, 0.29) is 0 Å². The minimum atomic E-state index is 0.693. The van der Waals surface area contributed by atoms with Gasteiger partial charge in [-0.3, -0.25) is 4.98 Å². The highest BCUT2D eigenvalue weighted by Crippen LogP contribution is 2.24. The van der Waals surface area contributed by atoms with Crippen LogP contribution in [0.5, 0.6) is 0 Å². The maximum Gasteiger partial charge on any atom is 0.131 e. The standard InChI is InChI=1S/C15H15N3O/c16-6-1-2-14-9-12(5-7-17-14)11-3-4-15-13(8-11)10-19-18-15/h3-5,7-10H,1-2,6,16H2. The number of nitrogens with two attached hydrogens (primary N) is 1. The van der Waals surface area contributed by atoms with Crippen molar-refractivity contribution in [3.8, 4) is 11.1 Å². The van der Waals surface area contributed by atoms with Crippen molar-refractivity contribution < 1.29 is 4.52 Å². The summed E-state index contributed by atoms with van der Waals surface area (Å²) in [5, 5.41) is 4.92. The van der Waals surface area contributed by atoms with Crippen LogP contribution >= 0.6 is 0 Å². The summed E-state index contributed by atoms with van der Waals surface area (Å²) in [5.41, 5.74) is 9.79. The molecule has 0 amide bonds. The first-order chi connectivity index (χ1) is 9.36. The number of pyridine rings is 1. The van der Waals surface area contributed by atoms with Gasteiger partial charge in [0, 0.05) is 17.3 Å². The summed E-state index contributed by atoms with van der Waals surface area (Å²) in [6, 6.07) is 10.2. The van der Waals surface area contributed by atoms with Crippen LogP contribution in [0.4, 0.5) is 0 Å². The molecule has 0 aliphatic heterocycles. The fourth-order valence-electron chi connectivity index (χ4n) is 2.13. The lowest BCUT2D eigenvalue weighted by Gasteiger charge is -2.04. The van der Waals surface area contributed by atoms with Gasteiger partial charge < -0.3 is 10.3 Å². The first-order valence-electron chi connectivity index (χ1n) is 6.36. The maximum atomic E-state index is 5.53. The second-order valence-corrected chi connectivity index (χ2v) is 4.52. The van der Waals surface area contributed by atoms with Crippen LogP contribution in [0, 0.1) is 0 Å². The van der Waals surface area contributed by atoms with Crippen LogP contribution in [0.25, 0.3) is 22.0 Å². The third-order valence-electron chi connectivity index (χ3n) is 3.15. The van der Waals surface area contributed by atoms with E-state index in [4.69, 9.17) is 10.3 Å². The molecule has 96 valence electrons. The highest BCUT2D eigenvalue weighted by atomic mass is 16.5. The molecule has 2 N–H and O–H groups in total. The Kier molecular flexibility index (Phi) is 3.25. The molecule has 0 fully saturated rings. The highest BCUT2D eigenvalue weighted by molar-refractivity contribution is 5.83. The Morgan fingerprint density at radius 3 is 2.89 bits per heavy atom. The van der Waals surface area contributed by atoms with E-state index in [0.717, 1.165) is 40.6 Å². The fourth-order valence-corrected chi connectivity index (χ4v) is 2.13. The van der Waals surface area contributed by atoms with Gasteiger partial charge in [-0.15, -0.1) is 0 Å². The summed E-state index contributed by atoms with van der Waals surface area (Å²) < 4.78 is 4.96. The second-order valence-electron chi connectivity index (χ2n) is 4.52. The SMILES string of the molecule is NCCCc1cc(-c2ccc3nocc3c2)ccn1. The highest BCUT2D eigenvalue weighted by Gasteiger charge is 2.03. The minimum absolute atomic E-state index is 0.693. The van der Waals surface area contributed by atoms with Crippen molar-refractivity contribution in [2.24, 2.45) is 5.73 Å². The van der Waals surface area contributed by atoms with Gasteiger partial charge in [-0.05, 0) is 54.8 Å². The first-order valence-corrected chi connectivity index (χ1v) is 6.36. The molecule has 1 aromatic carbocycles. The van der Waals surface area contributed by atoms with Crippen LogP contribution in [0.1, 0.15) is 12.1 Å². The van der Waals surface area contributed by atoms with Crippen molar-refractivity contribution in [1.29, 1.82) is 0 Å². The number of fused-ring (bicyclic) bond motifs is 1. The zero-order valence-corrected chi connectivity index (χ0v) is 10.5. The van der Waals surface area contributed by atoms with Gasteiger partial charge in [0.1, 0.15) is 11.8 Å². The van der Waals surface area contributed by atoms with E-state index in [9.17, 15) is 0 Å². The molecule has 0 aliphatic rings. The topological polar surface area (TPSA) is 64.9 Å². The van der Waals surface area contributed by atoms with Crippen LogP contribution in [0.15, 0.2) is 47.3 Å². The largest absolute Gasteiger partial charge is 0.364 e. The monoisotopic (exact) mass is 253 g/mol. The van der Waals surface area contributed by atoms with Gasteiger partial charge in [-0.25, -0.2) is 0 Å². The van der Waals surface area contributed by atoms with Gasteiger partial charge in [-0.2, -0.15) is 0 Å². The summed E-state index contributed by atoms with van der Waals surface area (Å²) in [6.07, 6.45) is 5.38. The van der Waals surface area contributed by atoms with Gasteiger partial charge >= 0.3 is 0 Å². The van der Waals surface area contributed by atoms with Crippen LogP contribution < -0.4 is 5.73 Å². The minimum Gasteiger partial charge on any atom is -0.364 e. The number of aryl methyl sites for hydroxylation is 1. The Morgan fingerprint density at radius 2 is 2.00 bits per heavy atom. The van der Waals surface area contributed by atoms with E-state index in [1.54, 1.807) is 6.26 Å². The Balaban J connectivity index is 1.95. The van der Waals surface area contributed by atoms with Crippen LogP contribution in [-0.2, 0) is 6.42 Å². The van der Waals surface area contributed by atoms with E-state index >= 15 is 0 Å². The van der Waals surface area contributed by atoms with Gasteiger partial charge in [0.2, 0.25) is 0 Å². The Labute approximate surface area is 111 Å².